The Bertz CT molecular complexity index is 1350. The maximum Gasteiger partial charge on any atom is 0.270 e. The molecule has 0 fully saturated rings. The van der Waals surface area contributed by atoms with Crippen LogP contribution in [0.15, 0.2) is 84.5 Å². The monoisotopic (exact) mass is 514 g/mol. The second-order valence-corrected chi connectivity index (χ2v) is 8.75. The van der Waals surface area contributed by atoms with Gasteiger partial charge in [0.25, 0.3) is 11.8 Å². The van der Waals surface area contributed by atoms with Crippen molar-refractivity contribution < 1.29 is 19.1 Å². The van der Waals surface area contributed by atoms with Crippen molar-refractivity contribution in [3.05, 3.63) is 107 Å². The highest BCUT2D eigenvalue weighted by Gasteiger charge is 2.13. The number of rotatable bonds is 10. The molecule has 0 spiro atoms. The predicted molar refractivity (Wildman–Crippen MR) is 144 cm³/mol. The third-order valence-electron chi connectivity index (χ3n) is 5.45. The van der Waals surface area contributed by atoms with Crippen LogP contribution in [0.4, 0.5) is 5.13 Å². The van der Waals surface area contributed by atoms with E-state index in [0.717, 1.165) is 22.3 Å². The van der Waals surface area contributed by atoms with Gasteiger partial charge in [0, 0.05) is 36.0 Å². The van der Waals surface area contributed by atoms with Crippen molar-refractivity contribution in [1.82, 2.24) is 15.3 Å². The Kier molecular flexibility index (Phi) is 8.62. The van der Waals surface area contributed by atoms with E-state index < -0.39 is 0 Å². The maximum absolute atomic E-state index is 12.8. The molecule has 2 heterocycles. The minimum absolute atomic E-state index is 0.243. The van der Waals surface area contributed by atoms with Gasteiger partial charge in [0.1, 0.15) is 5.69 Å². The number of methoxy groups -OCH3 is 2. The Morgan fingerprint density at radius 2 is 1.76 bits per heavy atom. The van der Waals surface area contributed by atoms with E-state index in [1.165, 1.54) is 17.4 Å². The van der Waals surface area contributed by atoms with Gasteiger partial charge >= 0.3 is 0 Å². The normalized spacial score (nSPS) is 11.0. The van der Waals surface area contributed by atoms with Gasteiger partial charge in [-0.2, -0.15) is 0 Å². The molecule has 0 aliphatic carbocycles. The minimum atomic E-state index is -0.350. The summed E-state index contributed by atoms with van der Waals surface area (Å²) < 4.78 is 10.6. The van der Waals surface area contributed by atoms with Crippen molar-refractivity contribution in [1.29, 1.82) is 0 Å². The highest BCUT2D eigenvalue weighted by atomic mass is 32.1. The number of benzene rings is 2. The quantitative estimate of drug-likeness (QED) is 0.300. The zero-order valence-electron chi connectivity index (χ0n) is 20.4. The van der Waals surface area contributed by atoms with Crippen LogP contribution < -0.4 is 20.1 Å². The van der Waals surface area contributed by atoms with E-state index in [-0.39, 0.29) is 17.5 Å². The van der Waals surface area contributed by atoms with E-state index in [9.17, 15) is 9.59 Å². The first-order valence-electron chi connectivity index (χ1n) is 11.5. The molecule has 0 saturated heterocycles. The fourth-order valence-corrected chi connectivity index (χ4v) is 4.32. The highest BCUT2D eigenvalue weighted by Crippen LogP contribution is 2.27. The van der Waals surface area contributed by atoms with Crippen molar-refractivity contribution >= 4 is 33.9 Å². The average Bonchev–Trinajstić information content (AvgIpc) is 3.41. The van der Waals surface area contributed by atoms with Gasteiger partial charge in [0.05, 0.1) is 14.2 Å². The van der Waals surface area contributed by atoms with Gasteiger partial charge in [-0.3, -0.25) is 19.9 Å². The fraction of sp³-hybridized carbons (Fsp3) is 0.143. The van der Waals surface area contributed by atoms with E-state index in [0.29, 0.717) is 29.6 Å². The molecule has 4 aromatic rings. The number of nitrogens with zero attached hydrogens (tertiary/aromatic N) is 2. The Morgan fingerprint density at radius 3 is 2.49 bits per heavy atom. The van der Waals surface area contributed by atoms with Crippen LogP contribution in [0.2, 0.25) is 0 Å². The third-order valence-corrected chi connectivity index (χ3v) is 6.20. The number of carbonyl (C=O) groups excluding carboxylic acids is 2. The summed E-state index contributed by atoms with van der Waals surface area (Å²) in [5, 5.41) is 7.57. The highest BCUT2D eigenvalue weighted by molar-refractivity contribution is 7.14. The van der Waals surface area contributed by atoms with Crippen LogP contribution in [-0.2, 0) is 11.2 Å². The Balaban J connectivity index is 1.37. The lowest BCUT2D eigenvalue weighted by molar-refractivity contribution is -0.111. The zero-order valence-corrected chi connectivity index (χ0v) is 21.2. The van der Waals surface area contributed by atoms with Crippen LogP contribution in [0.1, 0.15) is 27.2 Å². The molecular formula is C28H26N4O4S. The summed E-state index contributed by atoms with van der Waals surface area (Å²) in [4.78, 5) is 33.8. The van der Waals surface area contributed by atoms with Gasteiger partial charge in [0.15, 0.2) is 16.6 Å². The van der Waals surface area contributed by atoms with E-state index >= 15 is 0 Å². The van der Waals surface area contributed by atoms with Gasteiger partial charge in [0.2, 0.25) is 0 Å². The SMILES string of the molecule is COc1ccc(CCNC(=O)c2csc(NC(=O)/C=C(/c3ccccc3)c3cccnc3)n2)cc1OC. The maximum atomic E-state index is 12.8. The molecule has 0 saturated carbocycles. The van der Waals surface area contributed by atoms with Crippen LogP contribution in [0, 0.1) is 0 Å². The number of ether oxygens (including phenoxy) is 2. The average molecular weight is 515 g/mol. The molecule has 4 rings (SSSR count). The van der Waals surface area contributed by atoms with Crippen LogP contribution in [0.5, 0.6) is 11.5 Å². The summed E-state index contributed by atoms with van der Waals surface area (Å²) >= 11 is 1.19. The summed E-state index contributed by atoms with van der Waals surface area (Å²) in [5.74, 6) is 0.628. The topological polar surface area (TPSA) is 102 Å². The van der Waals surface area contributed by atoms with Gasteiger partial charge in [-0.1, -0.05) is 42.5 Å². The van der Waals surface area contributed by atoms with Crippen molar-refractivity contribution in [2.45, 2.75) is 6.42 Å². The molecule has 0 atom stereocenters. The molecule has 0 aliphatic heterocycles. The number of pyridine rings is 1. The molecule has 9 heteroatoms. The summed E-state index contributed by atoms with van der Waals surface area (Å²) in [6.07, 6.45) is 5.51. The van der Waals surface area contributed by atoms with Crippen molar-refractivity contribution in [3.63, 3.8) is 0 Å². The molecule has 0 aliphatic rings. The number of hydrogen-bond donors (Lipinski definition) is 2. The second-order valence-electron chi connectivity index (χ2n) is 7.89. The molecule has 37 heavy (non-hydrogen) atoms. The van der Waals surface area contributed by atoms with Crippen LogP contribution in [0.25, 0.3) is 5.57 Å². The Labute approximate surface area is 219 Å². The lowest BCUT2D eigenvalue weighted by Crippen LogP contribution is -2.26. The van der Waals surface area contributed by atoms with Crippen LogP contribution >= 0.6 is 11.3 Å². The van der Waals surface area contributed by atoms with Crippen molar-refractivity contribution in [2.24, 2.45) is 0 Å². The number of amides is 2. The summed E-state index contributed by atoms with van der Waals surface area (Å²) in [6, 6.07) is 18.9. The first kappa shape index (κ1) is 25.6. The van der Waals surface area contributed by atoms with Gasteiger partial charge < -0.3 is 14.8 Å². The number of thiazole rings is 1. The Hall–Kier alpha value is -4.50. The molecule has 2 amide bonds. The molecule has 2 aromatic heterocycles. The zero-order chi connectivity index (χ0) is 26.0. The van der Waals surface area contributed by atoms with Crippen LogP contribution in [-0.4, -0.2) is 42.5 Å². The minimum Gasteiger partial charge on any atom is -0.493 e. The molecular weight excluding hydrogens is 488 g/mol. The first-order valence-corrected chi connectivity index (χ1v) is 12.4. The lowest BCUT2D eigenvalue weighted by Gasteiger charge is -2.09. The summed E-state index contributed by atoms with van der Waals surface area (Å²) in [7, 11) is 3.17. The fourth-order valence-electron chi connectivity index (χ4n) is 3.63. The molecule has 0 radical (unpaired) electrons. The molecule has 0 bridgehead atoms. The van der Waals surface area contributed by atoms with Crippen molar-refractivity contribution in [3.8, 4) is 11.5 Å². The molecule has 2 N–H and O–H groups in total. The van der Waals surface area contributed by atoms with E-state index in [2.05, 4.69) is 20.6 Å². The van der Waals surface area contributed by atoms with Crippen molar-refractivity contribution in [2.75, 3.05) is 26.1 Å². The summed E-state index contributed by atoms with van der Waals surface area (Å²) in [5.41, 5.74) is 3.68. The molecule has 188 valence electrons. The molecule has 8 nitrogen and oxygen atoms in total. The molecule has 2 aromatic carbocycles. The van der Waals surface area contributed by atoms with Gasteiger partial charge in [-0.15, -0.1) is 11.3 Å². The number of hydrogen-bond acceptors (Lipinski definition) is 7. The smallest absolute Gasteiger partial charge is 0.270 e. The van der Waals surface area contributed by atoms with E-state index in [1.54, 1.807) is 32.0 Å². The molecule has 0 unspecified atom stereocenters. The largest absolute Gasteiger partial charge is 0.493 e. The van der Waals surface area contributed by atoms with Crippen LogP contribution in [0.3, 0.4) is 0 Å². The van der Waals surface area contributed by atoms with Gasteiger partial charge in [-0.25, -0.2) is 4.98 Å². The van der Waals surface area contributed by atoms with E-state index in [4.69, 9.17) is 9.47 Å². The third kappa shape index (κ3) is 6.80. The standard InChI is InChI=1S/C28H26N4O4S/c1-35-24-11-10-19(15-25(24)36-2)12-14-30-27(34)23-18-37-28(31-23)32-26(33)16-22(20-7-4-3-5-8-20)21-9-6-13-29-17-21/h3-11,13,15-18H,12,14H2,1-2H3,(H,30,34)(H,31,32,33)/b22-16-. The number of nitrogens with one attached hydrogen (secondary N) is 2. The number of carbonyl (C=O) groups is 2. The van der Waals surface area contributed by atoms with E-state index in [1.807, 2.05) is 60.7 Å². The first-order chi connectivity index (χ1) is 18.1. The van der Waals surface area contributed by atoms with Gasteiger partial charge in [-0.05, 0) is 41.3 Å². The number of anilines is 1. The lowest BCUT2D eigenvalue weighted by atomic mass is 9.99. The number of aromatic nitrogens is 2. The predicted octanol–water partition coefficient (Wildman–Crippen LogP) is 4.60. The second kappa shape index (κ2) is 12.5. The summed E-state index contributed by atoms with van der Waals surface area (Å²) in [6.45, 7) is 0.418. The Morgan fingerprint density at radius 1 is 0.973 bits per heavy atom.